The number of aliphatic hydroxyl groups is 1. The molecule has 1 aromatic rings. The number of aliphatic hydroxyl groups excluding tert-OH is 1. The summed E-state index contributed by atoms with van der Waals surface area (Å²) < 4.78 is 0. The molecule has 6 heteroatoms. The number of piperazine rings is 1. The smallest absolute Gasteiger partial charge is 0.220 e. The van der Waals surface area contributed by atoms with Gasteiger partial charge in [0.15, 0.2) is 0 Å². The Balaban J connectivity index is 2.10. The van der Waals surface area contributed by atoms with Crippen LogP contribution >= 0.6 is 0 Å². The third kappa shape index (κ3) is 4.15. The van der Waals surface area contributed by atoms with E-state index in [1.54, 1.807) is 13.1 Å². The van der Waals surface area contributed by atoms with Gasteiger partial charge in [0.25, 0.3) is 0 Å². The molecule has 1 amide bonds. The molecule has 1 fully saturated rings. The number of carbonyl (C=O) groups excluding carboxylic acids is 1. The number of hydrogen-bond acceptors (Lipinski definition) is 5. The van der Waals surface area contributed by atoms with Gasteiger partial charge in [0, 0.05) is 38.8 Å². The van der Waals surface area contributed by atoms with Crippen LogP contribution in [-0.2, 0) is 4.79 Å². The van der Waals surface area contributed by atoms with Crippen LogP contribution in [-0.4, -0.2) is 60.7 Å². The summed E-state index contributed by atoms with van der Waals surface area (Å²) in [6, 6.07) is 3.44. The van der Waals surface area contributed by atoms with Crippen molar-refractivity contribution in [3.05, 3.63) is 23.9 Å². The Morgan fingerprint density at radius 3 is 2.76 bits per heavy atom. The first kappa shape index (κ1) is 15.7. The molecule has 0 saturated carbocycles. The normalized spacial score (nSPS) is 17.6. The van der Waals surface area contributed by atoms with Crippen molar-refractivity contribution in [3.8, 4) is 0 Å². The van der Waals surface area contributed by atoms with Gasteiger partial charge >= 0.3 is 0 Å². The molecule has 6 nitrogen and oxygen atoms in total. The standard InChI is InChI=1S/C15H24N4O2/c1-3-15(21)17-13(11-20)12-4-5-16-14(10-12)19-8-6-18(2)7-9-19/h4-5,10,13,20H,3,6-9,11H2,1-2H3,(H,17,21)/t13-/m1/s1. The molecule has 0 aliphatic carbocycles. The molecule has 2 rings (SSSR count). The first-order valence-corrected chi connectivity index (χ1v) is 7.43. The number of carbonyl (C=O) groups is 1. The minimum absolute atomic E-state index is 0.0630. The van der Waals surface area contributed by atoms with Crippen LogP contribution in [0, 0.1) is 0 Å². The van der Waals surface area contributed by atoms with E-state index in [4.69, 9.17) is 0 Å². The van der Waals surface area contributed by atoms with E-state index < -0.39 is 0 Å². The van der Waals surface area contributed by atoms with Crippen molar-refractivity contribution >= 4 is 11.7 Å². The number of anilines is 1. The number of nitrogens with zero attached hydrogens (tertiary/aromatic N) is 3. The Kier molecular flexibility index (Phi) is 5.52. The number of amides is 1. The number of hydrogen-bond donors (Lipinski definition) is 2. The van der Waals surface area contributed by atoms with E-state index in [0.717, 1.165) is 37.6 Å². The summed E-state index contributed by atoms with van der Waals surface area (Å²) in [5.74, 6) is 0.844. The fraction of sp³-hybridized carbons (Fsp3) is 0.600. The average molecular weight is 292 g/mol. The number of nitrogens with one attached hydrogen (secondary N) is 1. The summed E-state index contributed by atoms with van der Waals surface area (Å²) in [6.45, 7) is 5.60. The maximum atomic E-state index is 11.5. The molecule has 116 valence electrons. The van der Waals surface area contributed by atoms with Gasteiger partial charge in [-0.15, -0.1) is 0 Å². The molecule has 2 N–H and O–H groups in total. The molecule has 0 radical (unpaired) electrons. The average Bonchev–Trinajstić information content (AvgIpc) is 2.53. The number of likely N-dealkylation sites (N-methyl/N-ethyl adjacent to an activating group) is 1. The summed E-state index contributed by atoms with van der Waals surface area (Å²) in [4.78, 5) is 20.5. The van der Waals surface area contributed by atoms with Crippen molar-refractivity contribution < 1.29 is 9.90 Å². The molecular formula is C15H24N4O2. The van der Waals surface area contributed by atoms with Gasteiger partial charge in [-0.05, 0) is 24.7 Å². The van der Waals surface area contributed by atoms with Crippen LogP contribution in [0.25, 0.3) is 0 Å². The van der Waals surface area contributed by atoms with Crippen molar-refractivity contribution in [2.45, 2.75) is 19.4 Å². The fourth-order valence-electron chi connectivity index (χ4n) is 2.39. The summed E-state index contributed by atoms with van der Waals surface area (Å²) in [7, 11) is 2.11. The van der Waals surface area contributed by atoms with Gasteiger partial charge in [0.1, 0.15) is 5.82 Å². The molecular weight excluding hydrogens is 268 g/mol. The number of aromatic nitrogens is 1. The lowest BCUT2D eigenvalue weighted by Crippen LogP contribution is -2.44. The predicted octanol–water partition coefficient (Wildman–Crippen LogP) is 0.393. The Morgan fingerprint density at radius 2 is 2.14 bits per heavy atom. The van der Waals surface area contributed by atoms with Gasteiger partial charge in [-0.1, -0.05) is 6.92 Å². The van der Waals surface area contributed by atoms with Gasteiger partial charge in [0.05, 0.1) is 12.6 Å². The molecule has 2 heterocycles. The molecule has 1 atom stereocenters. The summed E-state index contributed by atoms with van der Waals surface area (Å²) in [5, 5.41) is 12.3. The Morgan fingerprint density at radius 1 is 1.43 bits per heavy atom. The molecule has 0 bridgehead atoms. The van der Waals surface area contributed by atoms with E-state index in [1.807, 2.05) is 12.1 Å². The van der Waals surface area contributed by atoms with Crippen LogP contribution in [0.15, 0.2) is 18.3 Å². The van der Waals surface area contributed by atoms with Gasteiger partial charge < -0.3 is 20.2 Å². The van der Waals surface area contributed by atoms with E-state index in [2.05, 4.69) is 27.1 Å². The summed E-state index contributed by atoms with van der Waals surface area (Å²) >= 11 is 0. The lowest BCUT2D eigenvalue weighted by Gasteiger charge is -2.33. The van der Waals surface area contributed by atoms with Crippen molar-refractivity contribution in [1.29, 1.82) is 0 Å². The highest BCUT2D eigenvalue weighted by Crippen LogP contribution is 2.19. The lowest BCUT2D eigenvalue weighted by molar-refractivity contribution is -0.121. The van der Waals surface area contributed by atoms with Crippen LogP contribution in [0.3, 0.4) is 0 Å². The molecule has 1 aromatic heterocycles. The number of rotatable bonds is 5. The van der Waals surface area contributed by atoms with Gasteiger partial charge in [-0.2, -0.15) is 0 Å². The lowest BCUT2D eigenvalue weighted by atomic mass is 10.1. The summed E-state index contributed by atoms with van der Waals surface area (Å²) in [6.07, 6.45) is 2.15. The first-order valence-electron chi connectivity index (χ1n) is 7.43. The predicted molar refractivity (Wildman–Crippen MR) is 82.2 cm³/mol. The van der Waals surface area contributed by atoms with Crippen LogP contribution in [0.4, 0.5) is 5.82 Å². The third-order valence-electron chi connectivity index (χ3n) is 3.84. The Bertz CT molecular complexity index is 472. The Hall–Kier alpha value is -1.66. The van der Waals surface area contributed by atoms with E-state index in [-0.39, 0.29) is 18.6 Å². The largest absolute Gasteiger partial charge is 0.394 e. The summed E-state index contributed by atoms with van der Waals surface area (Å²) in [5.41, 5.74) is 0.892. The van der Waals surface area contributed by atoms with Gasteiger partial charge in [-0.3, -0.25) is 4.79 Å². The molecule has 21 heavy (non-hydrogen) atoms. The zero-order valence-electron chi connectivity index (χ0n) is 12.7. The third-order valence-corrected chi connectivity index (χ3v) is 3.84. The highest BCUT2D eigenvalue weighted by Gasteiger charge is 2.18. The van der Waals surface area contributed by atoms with E-state index >= 15 is 0 Å². The second-order valence-electron chi connectivity index (χ2n) is 5.39. The minimum Gasteiger partial charge on any atom is -0.394 e. The molecule has 1 saturated heterocycles. The fourth-order valence-corrected chi connectivity index (χ4v) is 2.39. The van der Waals surface area contributed by atoms with Crippen molar-refractivity contribution in [3.63, 3.8) is 0 Å². The zero-order chi connectivity index (χ0) is 15.2. The van der Waals surface area contributed by atoms with Crippen LogP contribution < -0.4 is 10.2 Å². The van der Waals surface area contributed by atoms with Crippen LogP contribution in [0.2, 0.25) is 0 Å². The zero-order valence-corrected chi connectivity index (χ0v) is 12.7. The highest BCUT2D eigenvalue weighted by molar-refractivity contribution is 5.76. The second kappa shape index (κ2) is 7.38. The van der Waals surface area contributed by atoms with Crippen LogP contribution in [0.5, 0.6) is 0 Å². The monoisotopic (exact) mass is 292 g/mol. The SMILES string of the molecule is CCC(=O)N[C@H](CO)c1ccnc(N2CCN(C)CC2)c1. The molecule has 0 unspecified atom stereocenters. The quantitative estimate of drug-likeness (QED) is 0.822. The van der Waals surface area contributed by atoms with Crippen molar-refractivity contribution in [1.82, 2.24) is 15.2 Å². The van der Waals surface area contributed by atoms with E-state index in [0.29, 0.717) is 6.42 Å². The van der Waals surface area contributed by atoms with Crippen molar-refractivity contribution in [2.24, 2.45) is 0 Å². The Labute approximate surface area is 125 Å². The second-order valence-corrected chi connectivity index (χ2v) is 5.39. The van der Waals surface area contributed by atoms with E-state index in [1.165, 1.54) is 0 Å². The molecule has 0 aromatic carbocycles. The van der Waals surface area contributed by atoms with E-state index in [9.17, 15) is 9.90 Å². The topological polar surface area (TPSA) is 68.7 Å². The highest BCUT2D eigenvalue weighted by atomic mass is 16.3. The maximum absolute atomic E-state index is 11.5. The first-order chi connectivity index (χ1) is 10.1. The molecule has 1 aliphatic heterocycles. The van der Waals surface area contributed by atoms with Crippen LogP contribution in [0.1, 0.15) is 24.9 Å². The maximum Gasteiger partial charge on any atom is 0.220 e. The van der Waals surface area contributed by atoms with Gasteiger partial charge in [0.2, 0.25) is 5.91 Å². The molecule has 1 aliphatic rings. The van der Waals surface area contributed by atoms with Crippen molar-refractivity contribution in [2.75, 3.05) is 44.7 Å². The van der Waals surface area contributed by atoms with Gasteiger partial charge in [-0.25, -0.2) is 4.98 Å². The minimum atomic E-state index is -0.369. The molecule has 0 spiro atoms. The number of pyridine rings is 1.